The zero-order valence-electron chi connectivity index (χ0n) is 7.12. The van der Waals surface area contributed by atoms with Crippen molar-refractivity contribution in [1.82, 2.24) is 5.32 Å². The Morgan fingerprint density at radius 3 is 3.23 bits per heavy atom. The maximum atomic E-state index is 11.2. The number of carbonyl (C=O) groups is 1. The van der Waals surface area contributed by atoms with Gasteiger partial charge in [0.05, 0.1) is 12.5 Å². The molecule has 0 bridgehead atoms. The number of esters is 1. The molecule has 13 heavy (non-hydrogen) atoms. The van der Waals surface area contributed by atoms with Gasteiger partial charge in [-0.25, -0.2) is 0 Å². The summed E-state index contributed by atoms with van der Waals surface area (Å²) in [6.07, 6.45) is 4.94. The van der Waals surface area contributed by atoms with E-state index in [-0.39, 0.29) is 18.5 Å². The van der Waals surface area contributed by atoms with E-state index in [9.17, 15) is 4.79 Å². The number of guanidine groups is 1. The molecule has 0 radical (unpaired) electrons. The minimum absolute atomic E-state index is 0.00846. The molecule has 0 spiro atoms. The third-order valence-corrected chi connectivity index (χ3v) is 1.64. The normalized spacial score (nSPS) is 20.8. The Balaban J connectivity index is 2.38. The van der Waals surface area contributed by atoms with Crippen LogP contribution in [0.3, 0.4) is 0 Å². The Bertz CT molecular complexity index is 267. The van der Waals surface area contributed by atoms with Gasteiger partial charge in [-0.1, -0.05) is 5.92 Å². The number of ether oxygens (including phenoxy) is 1. The largest absolute Gasteiger partial charge is 0.452 e. The van der Waals surface area contributed by atoms with E-state index in [4.69, 9.17) is 16.9 Å². The van der Waals surface area contributed by atoms with Gasteiger partial charge in [0.15, 0.2) is 12.6 Å². The van der Waals surface area contributed by atoms with Crippen LogP contribution in [0.15, 0.2) is 4.99 Å². The highest BCUT2D eigenvalue weighted by Crippen LogP contribution is 2.02. The van der Waals surface area contributed by atoms with E-state index in [0.29, 0.717) is 19.0 Å². The Morgan fingerprint density at radius 2 is 2.69 bits per heavy atom. The van der Waals surface area contributed by atoms with Crippen LogP contribution in [0.4, 0.5) is 0 Å². The number of nitrogens with zero attached hydrogens (tertiary/aromatic N) is 1. The van der Waals surface area contributed by atoms with E-state index in [1.54, 1.807) is 0 Å². The first-order valence-electron chi connectivity index (χ1n) is 3.88. The van der Waals surface area contributed by atoms with E-state index >= 15 is 0 Å². The van der Waals surface area contributed by atoms with Gasteiger partial charge >= 0.3 is 5.97 Å². The Labute approximate surface area is 76.3 Å². The average molecular weight is 181 g/mol. The first-order valence-corrected chi connectivity index (χ1v) is 3.88. The lowest BCUT2D eigenvalue weighted by atomic mass is 10.1. The minimum Gasteiger partial charge on any atom is -0.452 e. The van der Waals surface area contributed by atoms with Crippen molar-refractivity contribution in [2.24, 2.45) is 16.6 Å². The summed E-state index contributed by atoms with van der Waals surface area (Å²) in [7, 11) is 0. The van der Waals surface area contributed by atoms with E-state index in [0.717, 1.165) is 0 Å². The van der Waals surface area contributed by atoms with Gasteiger partial charge < -0.3 is 15.8 Å². The quantitative estimate of drug-likeness (QED) is 0.410. The molecule has 0 aromatic rings. The van der Waals surface area contributed by atoms with Crippen molar-refractivity contribution < 1.29 is 9.53 Å². The molecule has 0 saturated heterocycles. The van der Waals surface area contributed by atoms with E-state index in [2.05, 4.69) is 16.2 Å². The van der Waals surface area contributed by atoms with Gasteiger partial charge in [0.2, 0.25) is 0 Å². The van der Waals surface area contributed by atoms with Gasteiger partial charge in [-0.2, -0.15) is 0 Å². The van der Waals surface area contributed by atoms with Crippen LogP contribution in [0.2, 0.25) is 0 Å². The smallest absolute Gasteiger partial charge is 0.313 e. The van der Waals surface area contributed by atoms with Crippen LogP contribution in [-0.2, 0) is 9.53 Å². The molecule has 0 aromatic heterocycles. The van der Waals surface area contributed by atoms with Gasteiger partial charge in [0.1, 0.15) is 0 Å². The Morgan fingerprint density at radius 1 is 1.92 bits per heavy atom. The number of hydrogen-bond donors (Lipinski definition) is 2. The van der Waals surface area contributed by atoms with Gasteiger partial charge in [-0.05, 0) is 0 Å². The fourth-order valence-electron chi connectivity index (χ4n) is 0.945. The summed E-state index contributed by atoms with van der Waals surface area (Å²) < 4.78 is 4.74. The van der Waals surface area contributed by atoms with Crippen molar-refractivity contribution in [3.8, 4) is 12.3 Å². The standard InChI is InChI=1S/C8H11N3O2/c1-2-3-13-7(12)6-4-10-8(9)11-5-6/h1,6H,3-5H2,(H3,9,10,11). The van der Waals surface area contributed by atoms with Crippen LogP contribution in [0.5, 0.6) is 0 Å². The van der Waals surface area contributed by atoms with E-state index < -0.39 is 0 Å². The number of carbonyl (C=O) groups excluding carboxylic acids is 1. The molecule has 0 amide bonds. The lowest BCUT2D eigenvalue weighted by molar-refractivity contribution is -0.146. The molecule has 1 heterocycles. The molecule has 1 atom stereocenters. The van der Waals surface area contributed by atoms with E-state index in [1.807, 2.05) is 0 Å². The second kappa shape index (κ2) is 4.36. The Hall–Kier alpha value is -1.70. The molecular formula is C8H11N3O2. The molecule has 1 rings (SSSR count). The topological polar surface area (TPSA) is 76.7 Å². The zero-order chi connectivity index (χ0) is 9.68. The molecule has 0 saturated carbocycles. The average Bonchev–Trinajstić information content (AvgIpc) is 2.15. The third-order valence-electron chi connectivity index (χ3n) is 1.64. The maximum absolute atomic E-state index is 11.2. The summed E-state index contributed by atoms with van der Waals surface area (Å²) in [5.41, 5.74) is 5.35. The SMILES string of the molecule is C#CCOC(=O)C1CN=C(N)NC1. The summed E-state index contributed by atoms with van der Waals surface area (Å²) in [6, 6.07) is 0. The first kappa shape index (κ1) is 9.39. The minimum atomic E-state index is -0.332. The van der Waals surface area contributed by atoms with Gasteiger partial charge in [0, 0.05) is 6.54 Å². The van der Waals surface area contributed by atoms with Crippen molar-refractivity contribution in [2.45, 2.75) is 0 Å². The summed E-state index contributed by atoms with van der Waals surface area (Å²) in [5.74, 6) is 1.98. The van der Waals surface area contributed by atoms with Crippen molar-refractivity contribution in [1.29, 1.82) is 0 Å². The molecule has 0 fully saturated rings. The molecule has 5 nitrogen and oxygen atoms in total. The second-order valence-corrected chi connectivity index (χ2v) is 2.62. The highest BCUT2D eigenvalue weighted by Gasteiger charge is 2.22. The molecule has 70 valence electrons. The van der Waals surface area contributed by atoms with Crippen LogP contribution in [0.1, 0.15) is 0 Å². The summed E-state index contributed by atoms with van der Waals surface area (Å²) in [4.78, 5) is 15.1. The van der Waals surface area contributed by atoms with Crippen molar-refractivity contribution in [3.63, 3.8) is 0 Å². The van der Waals surface area contributed by atoms with Crippen molar-refractivity contribution in [2.75, 3.05) is 19.7 Å². The fraction of sp³-hybridized carbons (Fsp3) is 0.500. The predicted molar refractivity (Wildman–Crippen MR) is 47.8 cm³/mol. The lowest BCUT2D eigenvalue weighted by Gasteiger charge is -2.18. The second-order valence-electron chi connectivity index (χ2n) is 2.62. The van der Waals surface area contributed by atoms with Gasteiger partial charge in [-0.3, -0.25) is 9.79 Å². The molecule has 3 N–H and O–H groups in total. The molecule has 5 heteroatoms. The fourth-order valence-corrected chi connectivity index (χ4v) is 0.945. The van der Waals surface area contributed by atoms with Gasteiger partial charge in [-0.15, -0.1) is 6.42 Å². The van der Waals surface area contributed by atoms with Crippen LogP contribution in [0, 0.1) is 18.3 Å². The number of hydrogen-bond acceptors (Lipinski definition) is 5. The van der Waals surface area contributed by atoms with Crippen LogP contribution in [0.25, 0.3) is 0 Å². The number of nitrogens with two attached hydrogens (primary N) is 1. The molecule has 1 aliphatic rings. The van der Waals surface area contributed by atoms with E-state index in [1.165, 1.54) is 0 Å². The van der Waals surface area contributed by atoms with Crippen molar-refractivity contribution in [3.05, 3.63) is 0 Å². The maximum Gasteiger partial charge on any atom is 0.313 e. The van der Waals surface area contributed by atoms with Gasteiger partial charge in [0.25, 0.3) is 0 Å². The zero-order valence-corrected chi connectivity index (χ0v) is 7.12. The summed E-state index contributed by atoms with van der Waals surface area (Å²) in [5, 5.41) is 2.76. The number of terminal acetylenes is 1. The number of rotatable bonds is 2. The number of nitrogens with one attached hydrogen (secondary N) is 1. The van der Waals surface area contributed by atoms with Crippen molar-refractivity contribution >= 4 is 11.9 Å². The molecular weight excluding hydrogens is 170 g/mol. The molecule has 0 aromatic carbocycles. The summed E-state index contributed by atoms with van der Waals surface area (Å²) in [6.45, 7) is 0.829. The molecule has 1 unspecified atom stereocenters. The lowest BCUT2D eigenvalue weighted by Crippen LogP contribution is -2.43. The summed E-state index contributed by atoms with van der Waals surface area (Å²) >= 11 is 0. The number of aliphatic imine (C=N–C) groups is 1. The highest BCUT2D eigenvalue weighted by atomic mass is 16.5. The van der Waals surface area contributed by atoms with Crippen LogP contribution < -0.4 is 11.1 Å². The molecule has 0 aliphatic carbocycles. The van der Waals surface area contributed by atoms with Crippen LogP contribution >= 0.6 is 0 Å². The first-order chi connectivity index (χ1) is 6.24. The Kier molecular flexibility index (Phi) is 3.15. The molecule has 1 aliphatic heterocycles. The predicted octanol–water partition coefficient (Wildman–Crippen LogP) is -1.30. The monoisotopic (exact) mass is 181 g/mol. The van der Waals surface area contributed by atoms with Crippen LogP contribution in [-0.4, -0.2) is 31.6 Å². The third kappa shape index (κ3) is 2.67. The highest BCUT2D eigenvalue weighted by molar-refractivity contribution is 5.81.